The summed E-state index contributed by atoms with van der Waals surface area (Å²) in [6, 6.07) is 5.98. The van der Waals surface area contributed by atoms with Gasteiger partial charge in [-0.25, -0.2) is 0 Å². The highest BCUT2D eigenvalue weighted by Gasteiger charge is 2.12. The van der Waals surface area contributed by atoms with Gasteiger partial charge in [-0.2, -0.15) is 12.6 Å². The standard InChI is InChI=1S/C11H14O2S/c1-7-3-4-9(5-8(7)2)6-10(14)11(12)13/h3-5,10,14H,6H2,1-2H3,(H,12,13). The molecule has 1 N–H and O–H groups in total. The Kier molecular flexibility index (Phi) is 3.58. The fourth-order valence-electron chi connectivity index (χ4n) is 1.24. The van der Waals surface area contributed by atoms with E-state index >= 15 is 0 Å². The topological polar surface area (TPSA) is 37.3 Å². The number of aliphatic carboxylic acids is 1. The molecule has 0 amide bonds. The predicted molar refractivity (Wildman–Crippen MR) is 60.0 cm³/mol. The highest BCUT2D eigenvalue weighted by atomic mass is 32.1. The lowest BCUT2D eigenvalue weighted by Crippen LogP contribution is -2.16. The van der Waals surface area contributed by atoms with Crippen LogP contribution in [0.3, 0.4) is 0 Å². The van der Waals surface area contributed by atoms with Crippen molar-refractivity contribution in [3.05, 3.63) is 34.9 Å². The van der Waals surface area contributed by atoms with Gasteiger partial charge in [-0.05, 0) is 37.0 Å². The normalized spacial score (nSPS) is 12.5. The second kappa shape index (κ2) is 4.51. The number of benzene rings is 1. The number of hydrogen-bond acceptors (Lipinski definition) is 2. The van der Waals surface area contributed by atoms with Crippen molar-refractivity contribution in [3.63, 3.8) is 0 Å². The minimum Gasteiger partial charge on any atom is -0.480 e. The monoisotopic (exact) mass is 210 g/mol. The molecule has 2 nitrogen and oxygen atoms in total. The molecule has 1 aromatic carbocycles. The number of hydrogen-bond donors (Lipinski definition) is 2. The van der Waals surface area contributed by atoms with Crippen LogP contribution in [0.1, 0.15) is 16.7 Å². The fraction of sp³-hybridized carbons (Fsp3) is 0.364. The van der Waals surface area contributed by atoms with Crippen molar-refractivity contribution >= 4 is 18.6 Å². The van der Waals surface area contributed by atoms with Gasteiger partial charge in [0.15, 0.2) is 0 Å². The van der Waals surface area contributed by atoms with E-state index in [0.717, 1.165) is 5.56 Å². The average molecular weight is 210 g/mol. The summed E-state index contributed by atoms with van der Waals surface area (Å²) in [4.78, 5) is 10.6. The molecule has 0 saturated carbocycles. The van der Waals surface area contributed by atoms with Crippen LogP contribution in [0, 0.1) is 13.8 Å². The largest absolute Gasteiger partial charge is 0.480 e. The molecule has 0 heterocycles. The number of thiol groups is 1. The Bertz CT molecular complexity index is 347. The molecule has 0 aromatic heterocycles. The molecule has 14 heavy (non-hydrogen) atoms. The van der Waals surface area contributed by atoms with Gasteiger partial charge in [0.1, 0.15) is 5.25 Å². The maximum atomic E-state index is 10.6. The van der Waals surface area contributed by atoms with Gasteiger partial charge in [-0.1, -0.05) is 18.2 Å². The second-order valence-electron chi connectivity index (χ2n) is 3.48. The first-order chi connectivity index (χ1) is 6.50. The Morgan fingerprint density at radius 3 is 2.57 bits per heavy atom. The number of carbonyl (C=O) groups is 1. The van der Waals surface area contributed by atoms with Gasteiger partial charge >= 0.3 is 5.97 Å². The van der Waals surface area contributed by atoms with Gasteiger partial charge in [-0.15, -0.1) is 0 Å². The summed E-state index contributed by atoms with van der Waals surface area (Å²) >= 11 is 4.00. The van der Waals surface area contributed by atoms with Gasteiger partial charge in [-0.3, -0.25) is 4.79 Å². The van der Waals surface area contributed by atoms with Crippen molar-refractivity contribution < 1.29 is 9.90 Å². The Morgan fingerprint density at radius 1 is 1.43 bits per heavy atom. The van der Waals surface area contributed by atoms with E-state index in [1.54, 1.807) is 0 Å². The Hall–Kier alpha value is -0.960. The summed E-state index contributed by atoms with van der Waals surface area (Å²) in [5.41, 5.74) is 3.43. The molecule has 0 fully saturated rings. The van der Waals surface area contributed by atoms with Crippen molar-refractivity contribution in [3.8, 4) is 0 Å². The van der Waals surface area contributed by atoms with Crippen molar-refractivity contribution in [2.75, 3.05) is 0 Å². The van der Waals surface area contributed by atoms with Crippen molar-refractivity contribution in [1.82, 2.24) is 0 Å². The molecule has 1 rings (SSSR count). The zero-order valence-corrected chi connectivity index (χ0v) is 9.21. The molecular formula is C11H14O2S. The van der Waals surface area contributed by atoms with Crippen LogP contribution in [0.25, 0.3) is 0 Å². The van der Waals surface area contributed by atoms with Crippen LogP contribution in [0.5, 0.6) is 0 Å². The summed E-state index contributed by atoms with van der Waals surface area (Å²) in [6.07, 6.45) is 0.472. The summed E-state index contributed by atoms with van der Waals surface area (Å²) in [7, 11) is 0. The lowest BCUT2D eigenvalue weighted by Gasteiger charge is -2.07. The molecule has 76 valence electrons. The third kappa shape index (κ3) is 2.77. The lowest BCUT2D eigenvalue weighted by atomic mass is 10.0. The molecule has 1 unspecified atom stereocenters. The third-order valence-electron chi connectivity index (χ3n) is 2.29. The van der Waals surface area contributed by atoms with E-state index in [4.69, 9.17) is 5.11 Å². The third-order valence-corrected chi connectivity index (χ3v) is 2.69. The fourth-order valence-corrected chi connectivity index (χ4v) is 1.45. The molecule has 1 aromatic rings. The summed E-state index contributed by atoms with van der Waals surface area (Å²) in [6.45, 7) is 4.06. The Morgan fingerprint density at radius 2 is 2.07 bits per heavy atom. The summed E-state index contributed by atoms with van der Waals surface area (Å²) < 4.78 is 0. The molecule has 0 aliphatic rings. The molecule has 3 heteroatoms. The lowest BCUT2D eigenvalue weighted by molar-refractivity contribution is -0.136. The van der Waals surface area contributed by atoms with Crippen LogP contribution >= 0.6 is 12.6 Å². The number of aryl methyl sites for hydroxylation is 2. The van der Waals surface area contributed by atoms with E-state index in [1.807, 2.05) is 32.0 Å². The molecule has 0 aliphatic carbocycles. The quantitative estimate of drug-likeness (QED) is 0.751. The second-order valence-corrected chi connectivity index (χ2v) is 4.10. The first kappa shape index (κ1) is 11.1. The molecule has 0 aliphatic heterocycles. The van der Waals surface area contributed by atoms with E-state index in [9.17, 15) is 4.79 Å². The Balaban J connectivity index is 2.78. The van der Waals surface area contributed by atoms with Gasteiger partial charge < -0.3 is 5.11 Å². The number of rotatable bonds is 3. The van der Waals surface area contributed by atoms with Crippen LogP contribution in [0.4, 0.5) is 0 Å². The zero-order chi connectivity index (χ0) is 10.7. The van der Waals surface area contributed by atoms with E-state index in [2.05, 4.69) is 12.6 Å². The van der Waals surface area contributed by atoms with Crippen LogP contribution < -0.4 is 0 Å². The first-order valence-corrected chi connectivity index (χ1v) is 4.99. The van der Waals surface area contributed by atoms with Crippen LogP contribution in [-0.4, -0.2) is 16.3 Å². The van der Waals surface area contributed by atoms with Crippen molar-refractivity contribution in [2.45, 2.75) is 25.5 Å². The molecule has 1 atom stereocenters. The number of carboxylic acid groups (broad SMARTS) is 1. The van der Waals surface area contributed by atoms with Gasteiger partial charge in [0.05, 0.1) is 0 Å². The van der Waals surface area contributed by atoms with Gasteiger partial charge in [0.2, 0.25) is 0 Å². The average Bonchev–Trinajstić information content (AvgIpc) is 2.11. The van der Waals surface area contributed by atoms with Crippen LogP contribution in [0.2, 0.25) is 0 Å². The Labute approximate surface area is 89.4 Å². The van der Waals surface area contributed by atoms with E-state index in [1.165, 1.54) is 11.1 Å². The predicted octanol–water partition coefficient (Wildman–Crippen LogP) is 2.23. The highest BCUT2D eigenvalue weighted by molar-refractivity contribution is 7.81. The van der Waals surface area contributed by atoms with Crippen LogP contribution in [0.15, 0.2) is 18.2 Å². The van der Waals surface area contributed by atoms with Gasteiger partial charge in [0.25, 0.3) is 0 Å². The molecule has 0 radical (unpaired) electrons. The maximum Gasteiger partial charge on any atom is 0.316 e. The van der Waals surface area contributed by atoms with Crippen LogP contribution in [-0.2, 0) is 11.2 Å². The van der Waals surface area contributed by atoms with Gasteiger partial charge in [0, 0.05) is 0 Å². The maximum absolute atomic E-state index is 10.6. The van der Waals surface area contributed by atoms with E-state index in [0.29, 0.717) is 6.42 Å². The van der Waals surface area contributed by atoms with E-state index < -0.39 is 11.2 Å². The first-order valence-electron chi connectivity index (χ1n) is 4.47. The molecule has 0 spiro atoms. The SMILES string of the molecule is Cc1ccc(CC(S)C(=O)O)cc1C. The summed E-state index contributed by atoms with van der Waals surface area (Å²) in [5, 5.41) is 8.08. The zero-order valence-electron chi connectivity index (χ0n) is 8.32. The van der Waals surface area contributed by atoms with Crippen molar-refractivity contribution in [2.24, 2.45) is 0 Å². The highest BCUT2D eigenvalue weighted by Crippen LogP contribution is 2.13. The smallest absolute Gasteiger partial charge is 0.316 e. The molecule has 0 bridgehead atoms. The molecule has 0 saturated heterocycles. The molecular weight excluding hydrogens is 196 g/mol. The number of carboxylic acids is 1. The van der Waals surface area contributed by atoms with Crippen molar-refractivity contribution in [1.29, 1.82) is 0 Å². The van der Waals surface area contributed by atoms with E-state index in [-0.39, 0.29) is 0 Å². The minimum atomic E-state index is -0.869. The minimum absolute atomic E-state index is 0.472. The summed E-state index contributed by atoms with van der Waals surface area (Å²) in [5.74, 6) is -0.869.